The molecule has 0 aliphatic rings. The normalized spacial score (nSPS) is 11.6. The minimum Gasteiger partial charge on any atom is -0.294 e. The van der Waals surface area contributed by atoms with E-state index >= 15 is 0 Å². The lowest BCUT2D eigenvalue weighted by atomic mass is 10.0. The molecule has 0 saturated carbocycles. The maximum atomic E-state index is 12.4. The zero-order chi connectivity index (χ0) is 14.8. The van der Waals surface area contributed by atoms with Gasteiger partial charge < -0.3 is 0 Å². The van der Waals surface area contributed by atoms with Gasteiger partial charge in [0.15, 0.2) is 5.78 Å². The Morgan fingerprint density at radius 2 is 1.90 bits per heavy atom. The lowest BCUT2D eigenvalue weighted by molar-refractivity contribution is -0.137. The smallest absolute Gasteiger partial charge is 0.294 e. The topological polar surface area (TPSA) is 34.9 Å². The molecule has 0 radical (unpaired) electrons. The van der Waals surface area contributed by atoms with E-state index in [2.05, 4.69) is 5.10 Å². The summed E-state index contributed by atoms with van der Waals surface area (Å²) in [4.78, 5) is 11.9. The molecule has 0 amide bonds. The second-order valence-electron chi connectivity index (χ2n) is 4.52. The molecule has 2 aromatic rings. The molecule has 0 unspecified atom stereocenters. The summed E-state index contributed by atoms with van der Waals surface area (Å²) in [7, 11) is 1.78. The number of halogens is 3. The van der Waals surface area contributed by atoms with Crippen LogP contribution in [0.25, 0.3) is 0 Å². The van der Waals surface area contributed by atoms with Gasteiger partial charge >= 0.3 is 6.18 Å². The molecule has 1 aromatic heterocycles. The van der Waals surface area contributed by atoms with Crippen LogP contribution in [0.2, 0.25) is 0 Å². The van der Waals surface area contributed by atoms with Crippen LogP contribution in [0.5, 0.6) is 0 Å². The predicted molar refractivity (Wildman–Crippen MR) is 67.3 cm³/mol. The molecule has 2 rings (SSSR count). The molecule has 0 fully saturated rings. The highest BCUT2D eigenvalue weighted by Gasteiger charge is 2.30. The van der Waals surface area contributed by atoms with Gasteiger partial charge in [-0.3, -0.25) is 9.48 Å². The number of ketones is 1. The van der Waals surface area contributed by atoms with Gasteiger partial charge in [0.2, 0.25) is 0 Å². The first-order valence-corrected chi connectivity index (χ1v) is 6.04. The predicted octanol–water partition coefficient (Wildman–Crippen LogP) is 3.25. The number of Topliss-reactive ketones (excluding diaryl/α,β-unsaturated/α-hetero) is 1. The van der Waals surface area contributed by atoms with Crippen LogP contribution in [0, 0.1) is 0 Å². The Kier molecular flexibility index (Phi) is 3.92. The molecule has 0 N–H and O–H groups in total. The summed E-state index contributed by atoms with van der Waals surface area (Å²) in [5.74, 6) is -0.178. The Morgan fingerprint density at radius 1 is 1.25 bits per heavy atom. The van der Waals surface area contributed by atoms with Crippen LogP contribution in [0.4, 0.5) is 13.2 Å². The fourth-order valence-electron chi connectivity index (χ4n) is 1.85. The molecular formula is C14H13F3N2O. The number of hydrogen-bond donors (Lipinski definition) is 0. The molecule has 3 nitrogen and oxygen atoms in total. The highest BCUT2D eigenvalue weighted by atomic mass is 19.4. The number of aryl methyl sites for hydroxylation is 2. The van der Waals surface area contributed by atoms with Crippen molar-refractivity contribution in [3.63, 3.8) is 0 Å². The molecule has 106 valence electrons. The first-order valence-electron chi connectivity index (χ1n) is 6.04. The summed E-state index contributed by atoms with van der Waals surface area (Å²) >= 11 is 0. The van der Waals surface area contributed by atoms with Crippen LogP contribution in [-0.4, -0.2) is 15.6 Å². The first-order chi connectivity index (χ1) is 9.36. The summed E-state index contributed by atoms with van der Waals surface area (Å²) in [6.07, 6.45) is -0.137. The summed E-state index contributed by atoms with van der Waals surface area (Å²) in [6, 6.07) is 4.29. The van der Waals surface area contributed by atoms with E-state index in [1.165, 1.54) is 12.1 Å². The maximum Gasteiger partial charge on any atom is 0.416 e. The van der Waals surface area contributed by atoms with E-state index in [9.17, 15) is 18.0 Å². The highest BCUT2D eigenvalue weighted by molar-refractivity contribution is 5.96. The second kappa shape index (κ2) is 5.48. The van der Waals surface area contributed by atoms with E-state index in [-0.39, 0.29) is 12.2 Å². The van der Waals surface area contributed by atoms with Gasteiger partial charge in [-0.1, -0.05) is 12.1 Å². The Bertz CT molecular complexity index is 600. The van der Waals surface area contributed by atoms with Crippen molar-refractivity contribution in [2.45, 2.75) is 19.0 Å². The van der Waals surface area contributed by atoms with Crippen molar-refractivity contribution >= 4 is 5.78 Å². The number of alkyl halides is 3. The molecule has 1 heterocycles. The summed E-state index contributed by atoms with van der Waals surface area (Å²) < 4.78 is 38.8. The molecule has 1 aromatic carbocycles. The summed E-state index contributed by atoms with van der Waals surface area (Å²) in [6.45, 7) is 0. The van der Waals surface area contributed by atoms with E-state index in [1.807, 2.05) is 0 Å². The van der Waals surface area contributed by atoms with Crippen molar-refractivity contribution in [1.82, 2.24) is 9.78 Å². The molecule has 0 saturated heterocycles. The van der Waals surface area contributed by atoms with E-state index in [1.54, 1.807) is 24.1 Å². The van der Waals surface area contributed by atoms with Gasteiger partial charge in [-0.2, -0.15) is 18.3 Å². The maximum absolute atomic E-state index is 12.4. The van der Waals surface area contributed by atoms with Crippen LogP contribution >= 0.6 is 0 Å². The number of benzene rings is 1. The van der Waals surface area contributed by atoms with Crippen molar-refractivity contribution in [2.24, 2.45) is 7.05 Å². The second-order valence-corrected chi connectivity index (χ2v) is 4.52. The van der Waals surface area contributed by atoms with Gasteiger partial charge in [-0.05, 0) is 24.1 Å². The van der Waals surface area contributed by atoms with Crippen LogP contribution in [0.15, 0.2) is 36.7 Å². The average molecular weight is 282 g/mol. The van der Waals surface area contributed by atoms with Crippen molar-refractivity contribution in [1.29, 1.82) is 0 Å². The Hall–Kier alpha value is -2.11. The Morgan fingerprint density at radius 3 is 2.40 bits per heavy atom. The monoisotopic (exact) mass is 282 g/mol. The number of hydrogen-bond acceptors (Lipinski definition) is 2. The number of carbonyl (C=O) groups is 1. The summed E-state index contributed by atoms with van der Waals surface area (Å²) in [5.41, 5.74) is 0.468. The number of nitrogens with zero attached hydrogens (tertiary/aromatic N) is 2. The zero-order valence-electron chi connectivity index (χ0n) is 10.8. The van der Waals surface area contributed by atoms with Gasteiger partial charge in [0.05, 0.1) is 11.8 Å². The molecule has 0 aliphatic carbocycles. The molecule has 6 heteroatoms. The van der Waals surface area contributed by atoms with Crippen LogP contribution in [0.1, 0.15) is 27.9 Å². The van der Waals surface area contributed by atoms with Crippen LogP contribution < -0.4 is 0 Å². The lowest BCUT2D eigenvalue weighted by Gasteiger charge is -2.07. The van der Waals surface area contributed by atoms with E-state index in [4.69, 9.17) is 0 Å². The summed E-state index contributed by atoms with van der Waals surface area (Å²) in [5, 5.41) is 3.99. The SMILES string of the molecule is Cn1cc(CCC(=O)c2ccc(C(F)(F)F)cc2)cn1. The molecule has 0 aliphatic heterocycles. The number of rotatable bonds is 4. The molecule has 20 heavy (non-hydrogen) atoms. The molecular weight excluding hydrogens is 269 g/mol. The molecule has 0 bridgehead atoms. The molecule has 0 spiro atoms. The van der Waals surface area contributed by atoms with Gasteiger partial charge in [0.25, 0.3) is 0 Å². The van der Waals surface area contributed by atoms with E-state index in [0.717, 1.165) is 17.7 Å². The number of aromatic nitrogens is 2. The zero-order valence-corrected chi connectivity index (χ0v) is 10.8. The quantitative estimate of drug-likeness (QED) is 0.807. The van der Waals surface area contributed by atoms with Crippen LogP contribution in [-0.2, 0) is 19.6 Å². The van der Waals surface area contributed by atoms with Crippen molar-refractivity contribution in [2.75, 3.05) is 0 Å². The van der Waals surface area contributed by atoms with Crippen LogP contribution in [0.3, 0.4) is 0 Å². The fourth-order valence-corrected chi connectivity index (χ4v) is 1.85. The average Bonchev–Trinajstić information content (AvgIpc) is 2.81. The largest absolute Gasteiger partial charge is 0.416 e. The highest BCUT2D eigenvalue weighted by Crippen LogP contribution is 2.29. The van der Waals surface area contributed by atoms with Gasteiger partial charge in [0, 0.05) is 25.2 Å². The van der Waals surface area contributed by atoms with Crippen molar-refractivity contribution in [3.05, 3.63) is 53.3 Å². The van der Waals surface area contributed by atoms with E-state index in [0.29, 0.717) is 12.0 Å². The molecule has 0 atom stereocenters. The number of carbonyl (C=O) groups excluding carboxylic acids is 1. The van der Waals surface area contributed by atoms with Gasteiger partial charge in [-0.15, -0.1) is 0 Å². The third-order valence-electron chi connectivity index (χ3n) is 2.93. The van der Waals surface area contributed by atoms with Gasteiger partial charge in [-0.25, -0.2) is 0 Å². The minimum atomic E-state index is -4.38. The fraction of sp³-hybridized carbons (Fsp3) is 0.286. The Balaban J connectivity index is 1.99. The first kappa shape index (κ1) is 14.3. The lowest BCUT2D eigenvalue weighted by Crippen LogP contribution is -2.06. The minimum absolute atomic E-state index is 0.178. The third-order valence-corrected chi connectivity index (χ3v) is 2.93. The third kappa shape index (κ3) is 3.46. The Labute approximate surface area is 114 Å². The standard InChI is InChI=1S/C14H13F3N2O/c1-19-9-10(8-18-19)2-7-13(20)11-3-5-12(6-4-11)14(15,16)17/h3-6,8-9H,2,7H2,1H3. The van der Waals surface area contributed by atoms with Crippen molar-refractivity contribution in [3.8, 4) is 0 Å². The van der Waals surface area contributed by atoms with Crippen molar-refractivity contribution < 1.29 is 18.0 Å². The van der Waals surface area contributed by atoms with E-state index < -0.39 is 11.7 Å². The van der Waals surface area contributed by atoms with Gasteiger partial charge in [0.1, 0.15) is 0 Å².